The largest absolute Gasteiger partial charge is 0.352 e. The molecule has 1 heterocycles. The quantitative estimate of drug-likeness (QED) is 0.804. The Balaban J connectivity index is 2.54. The molecule has 0 aromatic heterocycles. The molecule has 1 rings (SSSR count). The molecule has 0 radical (unpaired) electrons. The van der Waals surface area contributed by atoms with Gasteiger partial charge in [0.2, 0.25) is 11.8 Å². The highest BCUT2D eigenvalue weighted by Gasteiger charge is 2.29. The van der Waals surface area contributed by atoms with Crippen molar-refractivity contribution in [3.8, 4) is 0 Å². The number of rotatable bonds is 3. The predicted molar refractivity (Wildman–Crippen MR) is 71.0 cm³/mol. The molecule has 5 heteroatoms. The van der Waals surface area contributed by atoms with E-state index in [2.05, 4.69) is 21.2 Å². The van der Waals surface area contributed by atoms with E-state index < -0.39 is 0 Å². The van der Waals surface area contributed by atoms with Crippen LogP contribution in [0.3, 0.4) is 0 Å². The van der Waals surface area contributed by atoms with Gasteiger partial charge in [0.05, 0.1) is 4.83 Å². The van der Waals surface area contributed by atoms with E-state index in [1.165, 1.54) is 6.92 Å². The van der Waals surface area contributed by atoms with E-state index in [0.29, 0.717) is 6.54 Å². The predicted octanol–water partition coefficient (Wildman–Crippen LogP) is 1.53. The number of hydrogen-bond donors (Lipinski definition) is 1. The van der Waals surface area contributed by atoms with E-state index in [4.69, 9.17) is 0 Å². The van der Waals surface area contributed by atoms with Crippen molar-refractivity contribution >= 4 is 27.7 Å². The lowest BCUT2D eigenvalue weighted by Crippen LogP contribution is -2.51. The fourth-order valence-corrected chi connectivity index (χ4v) is 2.33. The van der Waals surface area contributed by atoms with Crippen LogP contribution in [0.1, 0.15) is 33.6 Å². The summed E-state index contributed by atoms with van der Waals surface area (Å²) in [5.74, 6) is 0.391. The fourth-order valence-electron chi connectivity index (χ4n) is 2.04. The molecular formula is C12H21BrN2O2. The average Bonchev–Trinajstić information content (AvgIpc) is 2.26. The number of amides is 2. The van der Waals surface area contributed by atoms with Gasteiger partial charge in [-0.15, -0.1) is 0 Å². The highest BCUT2D eigenvalue weighted by molar-refractivity contribution is 9.10. The zero-order valence-corrected chi connectivity index (χ0v) is 12.3. The van der Waals surface area contributed by atoms with Gasteiger partial charge in [-0.2, -0.15) is 0 Å². The van der Waals surface area contributed by atoms with Gasteiger partial charge in [-0.1, -0.05) is 29.8 Å². The first-order valence-corrected chi connectivity index (χ1v) is 7.03. The Labute approximate surface area is 111 Å². The van der Waals surface area contributed by atoms with Crippen LogP contribution in [0.15, 0.2) is 0 Å². The van der Waals surface area contributed by atoms with Gasteiger partial charge in [0.15, 0.2) is 0 Å². The lowest BCUT2D eigenvalue weighted by molar-refractivity contribution is -0.133. The zero-order valence-electron chi connectivity index (χ0n) is 10.7. The topological polar surface area (TPSA) is 49.4 Å². The second kappa shape index (κ2) is 6.38. The summed E-state index contributed by atoms with van der Waals surface area (Å²) in [6.07, 6.45) is 1.91. The Kier molecular flexibility index (Phi) is 5.43. The molecule has 1 saturated heterocycles. The summed E-state index contributed by atoms with van der Waals surface area (Å²) >= 11 is 3.44. The molecule has 1 aliphatic rings. The molecule has 0 aromatic rings. The second-order valence-electron chi connectivity index (χ2n) is 4.97. The number of halogens is 1. The van der Waals surface area contributed by atoms with Crippen molar-refractivity contribution in [2.24, 2.45) is 5.92 Å². The van der Waals surface area contributed by atoms with Crippen LogP contribution in [0, 0.1) is 5.92 Å². The number of hydrogen-bond acceptors (Lipinski definition) is 2. The van der Waals surface area contributed by atoms with Gasteiger partial charge in [0.1, 0.15) is 0 Å². The van der Waals surface area contributed by atoms with E-state index >= 15 is 0 Å². The second-order valence-corrected chi connectivity index (χ2v) is 5.96. The number of piperidine rings is 1. The zero-order chi connectivity index (χ0) is 13.0. The van der Waals surface area contributed by atoms with E-state index in [9.17, 15) is 9.59 Å². The molecule has 17 heavy (non-hydrogen) atoms. The number of carbonyl (C=O) groups excluding carboxylic acids is 2. The molecule has 98 valence electrons. The van der Waals surface area contributed by atoms with Crippen LogP contribution in [0.5, 0.6) is 0 Å². The van der Waals surface area contributed by atoms with Gasteiger partial charge in [0, 0.05) is 26.1 Å². The highest BCUT2D eigenvalue weighted by atomic mass is 79.9. The van der Waals surface area contributed by atoms with Crippen LogP contribution < -0.4 is 5.32 Å². The van der Waals surface area contributed by atoms with E-state index in [-0.39, 0.29) is 28.6 Å². The molecule has 2 unspecified atom stereocenters. The average molecular weight is 305 g/mol. The van der Waals surface area contributed by atoms with Crippen LogP contribution in [0.2, 0.25) is 0 Å². The molecule has 0 spiro atoms. The molecule has 2 atom stereocenters. The third kappa shape index (κ3) is 4.30. The Morgan fingerprint density at radius 1 is 1.41 bits per heavy atom. The molecule has 1 fully saturated rings. The number of alkyl halides is 1. The molecule has 2 amide bonds. The van der Waals surface area contributed by atoms with Crippen LogP contribution in [-0.4, -0.2) is 40.7 Å². The number of nitrogens with zero attached hydrogens (tertiary/aromatic N) is 1. The summed E-state index contributed by atoms with van der Waals surface area (Å²) in [5.41, 5.74) is 0. The summed E-state index contributed by atoms with van der Waals surface area (Å²) in [7, 11) is 0. The van der Waals surface area contributed by atoms with Gasteiger partial charge in [-0.3, -0.25) is 9.59 Å². The van der Waals surface area contributed by atoms with E-state index in [0.717, 1.165) is 19.4 Å². The molecule has 1 aliphatic heterocycles. The Morgan fingerprint density at radius 2 is 2.06 bits per heavy atom. The summed E-state index contributed by atoms with van der Waals surface area (Å²) in [5, 5.41) is 2.89. The van der Waals surface area contributed by atoms with Gasteiger partial charge in [0.25, 0.3) is 0 Å². The maximum atomic E-state index is 12.1. The first-order valence-electron chi connectivity index (χ1n) is 6.11. The normalized spacial score (nSPS) is 22.4. The summed E-state index contributed by atoms with van der Waals surface area (Å²) in [6, 6.07) is 0.108. The highest BCUT2D eigenvalue weighted by Crippen LogP contribution is 2.18. The molecule has 0 aliphatic carbocycles. The number of likely N-dealkylation sites (tertiary alicyclic amines) is 1. The van der Waals surface area contributed by atoms with Crippen LogP contribution in [0.4, 0.5) is 0 Å². The standard InChI is InChI=1S/C12H21BrN2O2/c1-8(2)11(13)12(17)15-6-4-5-10(7-15)14-9(3)16/h8,10-11H,4-7H2,1-3H3,(H,14,16). The maximum absolute atomic E-state index is 12.1. The summed E-state index contributed by atoms with van der Waals surface area (Å²) in [6.45, 7) is 6.98. The van der Waals surface area contributed by atoms with Crippen molar-refractivity contribution in [3.05, 3.63) is 0 Å². The van der Waals surface area contributed by atoms with Crippen LogP contribution in [-0.2, 0) is 9.59 Å². The van der Waals surface area contributed by atoms with Crippen molar-refractivity contribution in [2.75, 3.05) is 13.1 Å². The van der Waals surface area contributed by atoms with E-state index in [1.54, 1.807) is 0 Å². The van der Waals surface area contributed by atoms with Crippen molar-refractivity contribution < 1.29 is 9.59 Å². The van der Waals surface area contributed by atoms with Crippen LogP contribution >= 0.6 is 15.9 Å². The summed E-state index contributed by atoms with van der Waals surface area (Å²) < 4.78 is 0. The molecule has 0 bridgehead atoms. The molecule has 4 nitrogen and oxygen atoms in total. The third-order valence-electron chi connectivity index (χ3n) is 2.96. The first kappa shape index (κ1) is 14.5. The Morgan fingerprint density at radius 3 is 2.59 bits per heavy atom. The van der Waals surface area contributed by atoms with Crippen molar-refractivity contribution in [3.63, 3.8) is 0 Å². The van der Waals surface area contributed by atoms with Gasteiger partial charge in [-0.05, 0) is 18.8 Å². The van der Waals surface area contributed by atoms with Gasteiger partial charge in [-0.25, -0.2) is 0 Å². The lowest BCUT2D eigenvalue weighted by Gasteiger charge is -2.34. The van der Waals surface area contributed by atoms with Crippen molar-refractivity contribution in [2.45, 2.75) is 44.5 Å². The minimum Gasteiger partial charge on any atom is -0.352 e. The van der Waals surface area contributed by atoms with Gasteiger partial charge < -0.3 is 10.2 Å². The smallest absolute Gasteiger partial charge is 0.236 e. The maximum Gasteiger partial charge on any atom is 0.236 e. The lowest BCUT2D eigenvalue weighted by atomic mass is 10.0. The summed E-state index contributed by atoms with van der Waals surface area (Å²) in [4.78, 5) is 24.9. The first-order chi connectivity index (χ1) is 7.91. The van der Waals surface area contributed by atoms with Crippen molar-refractivity contribution in [1.29, 1.82) is 0 Å². The third-order valence-corrected chi connectivity index (χ3v) is 4.41. The SMILES string of the molecule is CC(=O)NC1CCCN(C(=O)C(Br)C(C)C)C1. The number of carbonyl (C=O) groups is 2. The minimum atomic E-state index is -0.126. The van der Waals surface area contributed by atoms with Crippen molar-refractivity contribution in [1.82, 2.24) is 10.2 Å². The minimum absolute atomic E-state index is 0.0245. The molecular weight excluding hydrogens is 284 g/mol. The van der Waals surface area contributed by atoms with E-state index in [1.807, 2.05) is 18.7 Å². The molecule has 1 N–H and O–H groups in total. The fraction of sp³-hybridized carbons (Fsp3) is 0.833. The Bertz CT molecular complexity index is 294. The van der Waals surface area contributed by atoms with Gasteiger partial charge >= 0.3 is 0 Å². The molecule has 0 aromatic carbocycles. The van der Waals surface area contributed by atoms with Crippen LogP contribution in [0.25, 0.3) is 0 Å². The molecule has 0 saturated carbocycles. The Hall–Kier alpha value is -0.580. The monoisotopic (exact) mass is 304 g/mol. The number of nitrogens with one attached hydrogen (secondary N) is 1.